The number of carbonyl (C=O) groups excluding carboxylic acids is 1. The minimum absolute atomic E-state index is 0.342. The average Bonchev–Trinajstić information content (AvgIpc) is 2.38. The normalized spacial score (nSPS) is 12.0. The largest absolute Gasteiger partial charge is 0.478 e. The van der Waals surface area contributed by atoms with E-state index < -0.39 is 22.6 Å². The Balaban J connectivity index is 2.89. The summed E-state index contributed by atoms with van der Waals surface area (Å²) in [6.45, 7) is 3.88. The van der Waals surface area contributed by atoms with Crippen molar-refractivity contribution in [3.63, 3.8) is 0 Å². The van der Waals surface area contributed by atoms with Crippen LogP contribution in [-0.2, 0) is 9.53 Å². The molecule has 0 saturated carbocycles. The molecule has 0 saturated heterocycles. The second kappa shape index (κ2) is 7.64. The number of carbonyl (C=O) groups is 2. The van der Waals surface area contributed by atoms with Crippen molar-refractivity contribution in [2.24, 2.45) is 0 Å². The van der Waals surface area contributed by atoms with Gasteiger partial charge in [0, 0.05) is 9.37 Å². The molecular formula is C13H14BrFO4S. The Morgan fingerprint density at radius 3 is 2.70 bits per heavy atom. The smallest absolute Gasteiger partial charge is 0.338 e. The van der Waals surface area contributed by atoms with E-state index in [1.165, 1.54) is 6.07 Å². The number of hydrogen-bond acceptors (Lipinski definition) is 4. The highest BCUT2D eigenvalue weighted by Gasteiger charge is 2.20. The summed E-state index contributed by atoms with van der Waals surface area (Å²) in [6.07, 6.45) is 0.729. The molecule has 0 bridgehead atoms. The molecule has 1 aromatic rings. The van der Waals surface area contributed by atoms with Crippen molar-refractivity contribution < 1.29 is 23.8 Å². The average molecular weight is 365 g/mol. The van der Waals surface area contributed by atoms with Gasteiger partial charge in [-0.05, 0) is 41.4 Å². The van der Waals surface area contributed by atoms with E-state index in [0.29, 0.717) is 16.0 Å². The van der Waals surface area contributed by atoms with Gasteiger partial charge in [0.1, 0.15) is 11.1 Å². The molecule has 1 unspecified atom stereocenters. The summed E-state index contributed by atoms with van der Waals surface area (Å²) in [5, 5.41) is 8.37. The molecule has 0 radical (unpaired) electrons. The topological polar surface area (TPSA) is 63.6 Å². The molecule has 4 nitrogen and oxygen atoms in total. The quantitative estimate of drug-likeness (QED) is 0.615. The molecule has 0 aliphatic rings. The summed E-state index contributed by atoms with van der Waals surface area (Å²) in [6, 6.07) is 2.28. The predicted molar refractivity (Wildman–Crippen MR) is 77.6 cm³/mol. The number of carboxylic acid groups (broad SMARTS) is 1. The zero-order valence-corrected chi connectivity index (χ0v) is 13.4. The molecular weight excluding hydrogens is 351 g/mol. The van der Waals surface area contributed by atoms with Gasteiger partial charge in [0.25, 0.3) is 0 Å². The van der Waals surface area contributed by atoms with E-state index in [4.69, 9.17) is 9.84 Å². The maximum atomic E-state index is 13.4. The van der Waals surface area contributed by atoms with Crippen molar-refractivity contribution in [2.75, 3.05) is 6.61 Å². The van der Waals surface area contributed by atoms with Gasteiger partial charge in [-0.3, -0.25) is 4.79 Å². The van der Waals surface area contributed by atoms with Gasteiger partial charge in [0.15, 0.2) is 0 Å². The summed E-state index contributed by atoms with van der Waals surface area (Å²) in [5.74, 6) is -2.56. The summed E-state index contributed by atoms with van der Waals surface area (Å²) in [5.41, 5.74) is -0.426. The van der Waals surface area contributed by atoms with Crippen LogP contribution < -0.4 is 0 Å². The third-order valence-electron chi connectivity index (χ3n) is 2.34. The van der Waals surface area contributed by atoms with Crippen molar-refractivity contribution in [3.8, 4) is 0 Å². The molecule has 1 aromatic carbocycles. The molecule has 0 aliphatic heterocycles. The molecule has 0 aromatic heterocycles. The fourth-order valence-corrected chi connectivity index (χ4v) is 2.84. The molecule has 20 heavy (non-hydrogen) atoms. The Morgan fingerprint density at radius 1 is 1.50 bits per heavy atom. The van der Waals surface area contributed by atoms with Crippen LogP contribution in [0.2, 0.25) is 0 Å². The molecule has 1 rings (SSSR count). The number of aromatic carboxylic acids is 1. The van der Waals surface area contributed by atoms with Crippen molar-refractivity contribution in [3.05, 3.63) is 28.0 Å². The summed E-state index contributed by atoms with van der Waals surface area (Å²) in [4.78, 5) is 23.0. The van der Waals surface area contributed by atoms with E-state index in [9.17, 15) is 14.0 Å². The highest BCUT2D eigenvalue weighted by atomic mass is 79.9. The minimum atomic E-state index is -1.35. The standard InChI is InChI=1S/C13H14BrFO4S/c1-3-4-19-13(18)7(2)20-11-5-8(12(16)17)10(15)6-9(11)14/h5-7H,3-4H2,1-2H3,(H,16,17). The molecule has 0 amide bonds. The van der Waals surface area contributed by atoms with Crippen molar-refractivity contribution in [2.45, 2.75) is 30.4 Å². The number of carboxylic acids is 1. The first-order valence-corrected chi connectivity index (χ1v) is 7.59. The van der Waals surface area contributed by atoms with Crippen LogP contribution in [0.25, 0.3) is 0 Å². The zero-order valence-electron chi connectivity index (χ0n) is 11.0. The molecule has 1 atom stereocenters. The van der Waals surface area contributed by atoms with E-state index in [1.54, 1.807) is 6.92 Å². The third-order valence-corrected chi connectivity index (χ3v) is 4.39. The van der Waals surface area contributed by atoms with Crippen LogP contribution in [0.1, 0.15) is 30.6 Å². The second-order valence-corrected chi connectivity index (χ2v) is 6.23. The number of ether oxygens (including phenoxy) is 1. The van der Waals surface area contributed by atoms with E-state index in [2.05, 4.69) is 15.9 Å². The molecule has 0 aliphatic carbocycles. The Hall–Kier alpha value is -1.08. The van der Waals surface area contributed by atoms with E-state index in [-0.39, 0.29) is 5.97 Å². The molecule has 7 heteroatoms. The van der Waals surface area contributed by atoms with E-state index in [1.807, 2.05) is 6.92 Å². The Labute approximate surface area is 128 Å². The highest BCUT2D eigenvalue weighted by Crippen LogP contribution is 2.33. The third kappa shape index (κ3) is 4.49. The molecule has 110 valence electrons. The van der Waals surface area contributed by atoms with Crippen molar-refractivity contribution >= 4 is 39.6 Å². The van der Waals surface area contributed by atoms with Gasteiger partial charge in [-0.1, -0.05) is 6.92 Å². The SMILES string of the molecule is CCCOC(=O)C(C)Sc1cc(C(=O)O)c(F)cc1Br. The molecule has 1 N–H and O–H groups in total. The van der Waals surface area contributed by atoms with Crippen LogP contribution in [0, 0.1) is 5.82 Å². The van der Waals surface area contributed by atoms with Crippen molar-refractivity contribution in [1.29, 1.82) is 0 Å². The zero-order chi connectivity index (χ0) is 15.3. The van der Waals surface area contributed by atoms with E-state index in [0.717, 1.165) is 24.2 Å². The fraction of sp³-hybridized carbons (Fsp3) is 0.385. The molecule has 0 heterocycles. The molecule has 0 fully saturated rings. The number of hydrogen-bond donors (Lipinski definition) is 1. The fourth-order valence-electron chi connectivity index (χ4n) is 1.34. The van der Waals surface area contributed by atoms with Gasteiger partial charge in [-0.2, -0.15) is 0 Å². The number of halogens is 2. The van der Waals surface area contributed by atoms with Crippen LogP contribution in [0.5, 0.6) is 0 Å². The lowest BCUT2D eigenvalue weighted by atomic mass is 10.2. The minimum Gasteiger partial charge on any atom is -0.478 e. The van der Waals surface area contributed by atoms with Gasteiger partial charge in [-0.15, -0.1) is 11.8 Å². The lowest BCUT2D eigenvalue weighted by molar-refractivity contribution is -0.142. The van der Waals surface area contributed by atoms with Crippen molar-refractivity contribution in [1.82, 2.24) is 0 Å². The maximum Gasteiger partial charge on any atom is 0.338 e. The van der Waals surface area contributed by atoms with Crippen LogP contribution in [0.4, 0.5) is 4.39 Å². The maximum absolute atomic E-state index is 13.4. The Morgan fingerprint density at radius 2 is 2.15 bits per heavy atom. The van der Waals surface area contributed by atoms with Crippen LogP contribution in [-0.4, -0.2) is 28.9 Å². The van der Waals surface area contributed by atoms with Gasteiger partial charge in [-0.25, -0.2) is 9.18 Å². The predicted octanol–water partition coefficient (Wildman–Crippen LogP) is 3.72. The highest BCUT2D eigenvalue weighted by molar-refractivity contribution is 9.10. The second-order valence-electron chi connectivity index (χ2n) is 4.00. The Bertz CT molecular complexity index is 521. The summed E-state index contributed by atoms with van der Waals surface area (Å²) >= 11 is 4.27. The number of benzene rings is 1. The number of rotatable bonds is 6. The first-order valence-electron chi connectivity index (χ1n) is 5.92. The number of thioether (sulfide) groups is 1. The van der Waals surface area contributed by atoms with Crippen LogP contribution in [0.15, 0.2) is 21.5 Å². The van der Waals surface area contributed by atoms with Crippen LogP contribution in [0.3, 0.4) is 0 Å². The monoisotopic (exact) mass is 364 g/mol. The molecule has 0 spiro atoms. The first-order chi connectivity index (χ1) is 9.36. The lowest BCUT2D eigenvalue weighted by Gasteiger charge is -2.12. The van der Waals surface area contributed by atoms with Gasteiger partial charge >= 0.3 is 11.9 Å². The van der Waals surface area contributed by atoms with Crippen LogP contribution >= 0.6 is 27.7 Å². The van der Waals surface area contributed by atoms with Gasteiger partial charge in [0.05, 0.1) is 12.2 Å². The van der Waals surface area contributed by atoms with Gasteiger partial charge < -0.3 is 9.84 Å². The number of esters is 1. The summed E-state index contributed by atoms with van der Waals surface area (Å²) in [7, 11) is 0. The van der Waals surface area contributed by atoms with E-state index >= 15 is 0 Å². The first kappa shape index (κ1) is 17.0. The Kier molecular flexibility index (Phi) is 6.48. The summed E-state index contributed by atoms with van der Waals surface area (Å²) < 4.78 is 18.8. The van der Waals surface area contributed by atoms with Gasteiger partial charge in [0.2, 0.25) is 0 Å². The lowest BCUT2D eigenvalue weighted by Crippen LogP contribution is -2.17.